The number of methoxy groups -OCH3 is 1. The number of hydrogen-bond acceptors (Lipinski definition) is 3. The number of carbonyl (C=O) groups is 1. The van der Waals surface area contributed by atoms with Gasteiger partial charge in [0.25, 0.3) is 0 Å². The first kappa shape index (κ1) is 12.0. The zero-order valence-corrected chi connectivity index (χ0v) is 9.45. The van der Waals surface area contributed by atoms with E-state index < -0.39 is 6.29 Å². The van der Waals surface area contributed by atoms with Gasteiger partial charge in [-0.15, -0.1) is 0 Å². The number of ether oxygens (including phenoxy) is 2. The van der Waals surface area contributed by atoms with Crippen molar-refractivity contribution in [3.8, 4) is 0 Å². The molecule has 0 aromatic heterocycles. The molecule has 1 aromatic rings. The molecule has 0 bridgehead atoms. The molecule has 0 aliphatic carbocycles. The molecule has 4 heteroatoms. The summed E-state index contributed by atoms with van der Waals surface area (Å²) in [6, 6.07) is 7.17. The summed E-state index contributed by atoms with van der Waals surface area (Å²) in [4.78, 5) is 11.4. The van der Waals surface area contributed by atoms with Crippen LogP contribution in [0.4, 0.5) is 0 Å². The molecule has 1 atom stereocenters. The van der Waals surface area contributed by atoms with Gasteiger partial charge in [0.2, 0.25) is 0 Å². The van der Waals surface area contributed by atoms with E-state index in [1.165, 1.54) is 7.11 Å². The second-order valence-electron chi connectivity index (χ2n) is 3.06. The Hall–Kier alpha value is -1.06. The van der Waals surface area contributed by atoms with Crippen molar-refractivity contribution in [3.05, 3.63) is 34.9 Å². The molecule has 1 unspecified atom stereocenters. The SMILES string of the molecule is COC(C)OC(=O)Cc1ccccc1Cl. The molecule has 0 heterocycles. The van der Waals surface area contributed by atoms with Crippen molar-refractivity contribution in [3.63, 3.8) is 0 Å². The van der Waals surface area contributed by atoms with Crippen molar-refractivity contribution >= 4 is 17.6 Å². The van der Waals surface area contributed by atoms with Gasteiger partial charge in [0.05, 0.1) is 6.42 Å². The quantitative estimate of drug-likeness (QED) is 0.587. The summed E-state index contributed by atoms with van der Waals surface area (Å²) < 4.78 is 9.75. The maximum Gasteiger partial charge on any atom is 0.312 e. The standard InChI is InChI=1S/C11H13ClO3/c1-8(14-2)15-11(13)7-9-5-3-4-6-10(9)12/h3-6,8H,7H2,1-2H3. The average molecular weight is 229 g/mol. The lowest BCUT2D eigenvalue weighted by molar-refractivity contribution is -0.168. The van der Waals surface area contributed by atoms with Crippen LogP contribution >= 0.6 is 11.6 Å². The highest BCUT2D eigenvalue weighted by Gasteiger charge is 2.10. The van der Waals surface area contributed by atoms with Gasteiger partial charge in [-0.2, -0.15) is 0 Å². The highest BCUT2D eigenvalue weighted by atomic mass is 35.5. The molecule has 0 amide bonds. The van der Waals surface area contributed by atoms with E-state index in [4.69, 9.17) is 21.1 Å². The molecule has 0 saturated heterocycles. The Morgan fingerprint density at radius 1 is 1.47 bits per heavy atom. The van der Waals surface area contributed by atoms with Crippen LogP contribution in [0.25, 0.3) is 0 Å². The minimum atomic E-state index is -0.528. The van der Waals surface area contributed by atoms with Gasteiger partial charge in [0.1, 0.15) is 0 Å². The van der Waals surface area contributed by atoms with E-state index in [0.717, 1.165) is 5.56 Å². The van der Waals surface area contributed by atoms with Crippen molar-refractivity contribution in [1.29, 1.82) is 0 Å². The Morgan fingerprint density at radius 3 is 2.73 bits per heavy atom. The second kappa shape index (κ2) is 5.73. The maximum atomic E-state index is 11.4. The average Bonchev–Trinajstić information content (AvgIpc) is 2.21. The van der Waals surface area contributed by atoms with Gasteiger partial charge in [0, 0.05) is 12.1 Å². The van der Waals surface area contributed by atoms with Crippen LogP contribution in [0.1, 0.15) is 12.5 Å². The van der Waals surface area contributed by atoms with E-state index in [1.807, 2.05) is 12.1 Å². The van der Waals surface area contributed by atoms with Crippen LogP contribution in [0.3, 0.4) is 0 Å². The molecule has 0 spiro atoms. The normalized spacial score (nSPS) is 12.2. The molecule has 82 valence electrons. The molecule has 1 aromatic carbocycles. The van der Waals surface area contributed by atoms with Crippen LogP contribution in [-0.4, -0.2) is 19.4 Å². The van der Waals surface area contributed by atoms with Crippen LogP contribution < -0.4 is 0 Å². The predicted molar refractivity (Wildman–Crippen MR) is 57.7 cm³/mol. The zero-order chi connectivity index (χ0) is 11.3. The van der Waals surface area contributed by atoms with Gasteiger partial charge < -0.3 is 9.47 Å². The van der Waals surface area contributed by atoms with Crippen molar-refractivity contribution in [2.24, 2.45) is 0 Å². The number of carbonyl (C=O) groups excluding carboxylic acids is 1. The molecular formula is C11H13ClO3. The molecule has 1 rings (SSSR count). The van der Waals surface area contributed by atoms with E-state index >= 15 is 0 Å². The zero-order valence-electron chi connectivity index (χ0n) is 8.70. The first-order valence-electron chi connectivity index (χ1n) is 4.59. The summed E-state index contributed by atoms with van der Waals surface area (Å²) in [6.07, 6.45) is -0.368. The molecule has 3 nitrogen and oxygen atoms in total. The maximum absolute atomic E-state index is 11.4. The van der Waals surface area contributed by atoms with E-state index in [1.54, 1.807) is 19.1 Å². The smallest absolute Gasteiger partial charge is 0.312 e. The Kier molecular flexibility index (Phi) is 4.59. The Morgan fingerprint density at radius 2 is 2.13 bits per heavy atom. The number of rotatable bonds is 4. The fourth-order valence-electron chi connectivity index (χ4n) is 1.07. The molecule has 15 heavy (non-hydrogen) atoms. The van der Waals surface area contributed by atoms with Gasteiger partial charge >= 0.3 is 5.97 Å². The summed E-state index contributed by atoms with van der Waals surface area (Å²) >= 11 is 5.90. The topological polar surface area (TPSA) is 35.5 Å². The summed E-state index contributed by atoms with van der Waals surface area (Å²) in [7, 11) is 1.48. The number of esters is 1. The van der Waals surface area contributed by atoms with Gasteiger partial charge in [-0.1, -0.05) is 29.8 Å². The van der Waals surface area contributed by atoms with E-state index in [2.05, 4.69) is 0 Å². The lowest BCUT2D eigenvalue weighted by Crippen LogP contribution is -2.18. The van der Waals surface area contributed by atoms with Gasteiger partial charge in [-0.3, -0.25) is 4.79 Å². The van der Waals surface area contributed by atoms with Crippen LogP contribution in [0.15, 0.2) is 24.3 Å². The van der Waals surface area contributed by atoms with E-state index in [0.29, 0.717) is 5.02 Å². The molecular weight excluding hydrogens is 216 g/mol. The molecule has 0 N–H and O–H groups in total. The third-order valence-corrected chi connectivity index (χ3v) is 2.29. The fraction of sp³-hybridized carbons (Fsp3) is 0.364. The number of halogens is 1. The van der Waals surface area contributed by atoms with Crippen molar-refractivity contribution in [2.45, 2.75) is 19.6 Å². The van der Waals surface area contributed by atoms with Crippen LogP contribution in [0.5, 0.6) is 0 Å². The van der Waals surface area contributed by atoms with Gasteiger partial charge in [0.15, 0.2) is 6.29 Å². The molecule has 0 aliphatic heterocycles. The highest BCUT2D eigenvalue weighted by molar-refractivity contribution is 6.31. The largest absolute Gasteiger partial charge is 0.436 e. The third-order valence-electron chi connectivity index (χ3n) is 1.92. The Balaban J connectivity index is 2.55. The summed E-state index contributed by atoms with van der Waals surface area (Å²) in [5, 5.41) is 0.569. The first-order chi connectivity index (χ1) is 7.13. The second-order valence-corrected chi connectivity index (χ2v) is 3.47. The number of benzene rings is 1. The van der Waals surface area contributed by atoms with Gasteiger partial charge in [-0.25, -0.2) is 0 Å². The van der Waals surface area contributed by atoms with Crippen LogP contribution in [0, 0.1) is 0 Å². The Labute approximate surface area is 93.9 Å². The van der Waals surface area contributed by atoms with E-state index in [-0.39, 0.29) is 12.4 Å². The Bertz CT molecular complexity index is 338. The summed E-state index contributed by atoms with van der Waals surface area (Å²) in [6.45, 7) is 1.66. The highest BCUT2D eigenvalue weighted by Crippen LogP contribution is 2.15. The minimum Gasteiger partial charge on any atom is -0.436 e. The van der Waals surface area contributed by atoms with Crippen molar-refractivity contribution in [1.82, 2.24) is 0 Å². The summed E-state index contributed by atoms with van der Waals surface area (Å²) in [5.74, 6) is -0.350. The number of hydrogen-bond donors (Lipinski definition) is 0. The summed E-state index contributed by atoms with van der Waals surface area (Å²) in [5.41, 5.74) is 0.757. The monoisotopic (exact) mass is 228 g/mol. The lowest BCUT2D eigenvalue weighted by Gasteiger charge is -2.11. The van der Waals surface area contributed by atoms with Gasteiger partial charge in [-0.05, 0) is 18.6 Å². The predicted octanol–water partition coefficient (Wildman–Crippen LogP) is 2.42. The molecule has 0 aliphatic rings. The van der Waals surface area contributed by atoms with Crippen molar-refractivity contribution < 1.29 is 14.3 Å². The third kappa shape index (κ3) is 3.90. The lowest BCUT2D eigenvalue weighted by atomic mass is 10.1. The van der Waals surface area contributed by atoms with Crippen LogP contribution in [0.2, 0.25) is 5.02 Å². The molecule has 0 saturated carbocycles. The minimum absolute atomic E-state index is 0.160. The van der Waals surface area contributed by atoms with E-state index in [9.17, 15) is 4.79 Å². The molecule has 0 radical (unpaired) electrons. The fourth-order valence-corrected chi connectivity index (χ4v) is 1.27. The first-order valence-corrected chi connectivity index (χ1v) is 4.97. The van der Waals surface area contributed by atoms with Crippen LogP contribution in [-0.2, 0) is 20.7 Å². The van der Waals surface area contributed by atoms with Crippen molar-refractivity contribution in [2.75, 3.05) is 7.11 Å². The molecule has 0 fully saturated rings.